The summed E-state index contributed by atoms with van der Waals surface area (Å²) in [4.78, 5) is 71.1. The van der Waals surface area contributed by atoms with E-state index >= 15 is 0 Å². The molecule has 0 saturated carbocycles. The number of nitrogens with one attached hydrogen (secondary N) is 4. The predicted octanol–water partition coefficient (Wildman–Crippen LogP) is 2.42. The summed E-state index contributed by atoms with van der Waals surface area (Å²) in [6, 6.07) is 17.0. The summed E-state index contributed by atoms with van der Waals surface area (Å²) < 4.78 is 22.8. The van der Waals surface area contributed by atoms with Crippen LogP contribution in [0.15, 0.2) is 66.7 Å². The van der Waals surface area contributed by atoms with E-state index in [9.17, 15) is 24.0 Å². The number of carbonyl (C=O) groups is 5. The molecular formula is C41H52N6O9. The van der Waals surface area contributed by atoms with E-state index in [1.807, 2.05) is 42.3 Å². The van der Waals surface area contributed by atoms with E-state index in [4.69, 9.17) is 18.9 Å². The lowest BCUT2D eigenvalue weighted by Crippen LogP contribution is -2.57. The Hall–Kier alpha value is -5.67. The summed E-state index contributed by atoms with van der Waals surface area (Å²) in [5, 5.41) is 11.4. The highest BCUT2D eigenvalue weighted by molar-refractivity contribution is 5.95. The maximum Gasteiger partial charge on any atom is 0.251 e. The summed E-state index contributed by atoms with van der Waals surface area (Å²) in [6.45, 7) is 3.15. The summed E-state index contributed by atoms with van der Waals surface area (Å²) in [5.41, 5.74) is 1.97. The molecule has 4 N–H and O–H groups in total. The van der Waals surface area contributed by atoms with Gasteiger partial charge in [-0.25, -0.2) is 0 Å². The first-order valence-corrected chi connectivity index (χ1v) is 18.9. The van der Waals surface area contributed by atoms with Gasteiger partial charge in [-0.05, 0) is 75.5 Å². The Bertz CT molecular complexity index is 1840. The van der Waals surface area contributed by atoms with Crippen molar-refractivity contribution in [2.45, 2.75) is 57.3 Å². The largest absolute Gasteiger partial charge is 0.496 e. The molecule has 0 spiro atoms. The Balaban J connectivity index is 1.40. The van der Waals surface area contributed by atoms with Crippen molar-refractivity contribution < 1.29 is 42.9 Å². The van der Waals surface area contributed by atoms with Crippen LogP contribution < -0.4 is 35.5 Å². The molecule has 300 valence electrons. The Labute approximate surface area is 327 Å². The summed E-state index contributed by atoms with van der Waals surface area (Å²) in [7, 11) is 4.84. The van der Waals surface area contributed by atoms with Gasteiger partial charge >= 0.3 is 0 Å². The highest BCUT2D eigenvalue weighted by atomic mass is 16.5. The molecule has 6 rings (SSSR count). The molecule has 56 heavy (non-hydrogen) atoms. The number of hydrogen-bond acceptors (Lipinski definition) is 10. The Morgan fingerprint density at radius 3 is 2.41 bits per heavy atom. The standard InChI is InChI=1S/C41H52N6O9/c1-27-38(49)43-24-30-13-15-31(23-35(30)54-4)56-36-22-29(14-17-34(36)53-3)39(50)42-18-8-9-19-47(41(52)33-26-55-21-20-46(33)2)25-37(48)45-32(40(51)44-27)16-12-28-10-6-5-7-11-28/h5-7,10-11,13-15,17,22-23,27,32-33H,8-9,12,16,18-21,24-26H2,1-4H3,(H,42,50)(H,43,49)(H,44,51)(H,45,48)/t27-,32-,33+/m0/s1. The number of rotatable bonds is 6. The molecule has 4 bridgehead atoms. The number of aryl methyl sites for hydroxylation is 1. The Kier molecular flexibility index (Phi) is 15.0. The fourth-order valence-electron chi connectivity index (χ4n) is 6.47. The predicted molar refractivity (Wildman–Crippen MR) is 208 cm³/mol. The van der Waals surface area contributed by atoms with Crippen molar-refractivity contribution in [1.29, 1.82) is 0 Å². The van der Waals surface area contributed by atoms with Crippen LogP contribution in [0.5, 0.6) is 23.0 Å². The monoisotopic (exact) mass is 772 g/mol. The van der Waals surface area contributed by atoms with E-state index < -0.39 is 35.8 Å². The molecular weight excluding hydrogens is 720 g/mol. The van der Waals surface area contributed by atoms with E-state index in [1.54, 1.807) is 43.3 Å². The quantitative estimate of drug-likeness (QED) is 0.273. The molecule has 3 aliphatic heterocycles. The zero-order valence-electron chi connectivity index (χ0n) is 32.4. The van der Waals surface area contributed by atoms with Gasteiger partial charge in [0.05, 0.1) is 34.0 Å². The van der Waals surface area contributed by atoms with Crippen LogP contribution in [0.25, 0.3) is 0 Å². The zero-order chi connectivity index (χ0) is 40.0. The molecule has 3 aliphatic rings. The SMILES string of the molecule is COc1cc2ccc1CNC(=O)[C@H](C)NC(=O)[C@H](CCc1ccccc1)NC(=O)CN(C(=O)[C@H]1COCCN1C)CCCCNC(=O)c1ccc(OC)c(c1)O2. The number of ether oxygens (including phenoxy) is 4. The van der Waals surface area contributed by atoms with Crippen molar-refractivity contribution in [3.8, 4) is 23.0 Å². The minimum atomic E-state index is -0.996. The third-order valence-corrected chi connectivity index (χ3v) is 9.80. The molecule has 0 aromatic heterocycles. The molecule has 1 fully saturated rings. The number of amides is 5. The van der Waals surface area contributed by atoms with E-state index in [1.165, 1.54) is 19.1 Å². The van der Waals surface area contributed by atoms with Gasteiger partial charge < -0.3 is 45.1 Å². The van der Waals surface area contributed by atoms with Crippen molar-refractivity contribution in [1.82, 2.24) is 31.1 Å². The van der Waals surface area contributed by atoms with Crippen molar-refractivity contribution in [3.63, 3.8) is 0 Å². The van der Waals surface area contributed by atoms with Crippen LogP contribution in [0.2, 0.25) is 0 Å². The van der Waals surface area contributed by atoms with Gasteiger partial charge in [-0.2, -0.15) is 0 Å². The Morgan fingerprint density at radius 1 is 0.875 bits per heavy atom. The van der Waals surface area contributed by atoms with Crippen LogP contribution >= 0.6 is 0 Å². The lowest BCUT2D eigenvalue weighted by Gasteiger charge is -2.35. The van der Waals surface area contributed by atoms with E-state index in [0.29, 0.717) is 73.1 Å². The van der Waals surface area contributed by atoms with Gasteiger partial charge in [-0.1, -0.05) is 30.3 Å². The van der Waals surface area contributed by atoms with E-state index in [0.717, 1.165) is 5.56 Å². The average molecular weight is 773 g/mol. The summed E-state index contributed by atoms with van der Waals surface area (Å²) in [6.07, 6.45) is 1.73. The second-order valence-electron chi connectivity index (χ2n) is 13.8. The number of nitrogens with zero attached hydrogens (tertiary/aromatic N) is 2. The van der Waals surface area contributed by atoms with Crippen LogP contribution in [0.3, 0.4) is 0 Å². The number of likely N-dealkylation sites (N-methyl/N-ethyl adjacent to an activating group) is 1. The lowest BCUT2D eigenvalue weighted by molar-refractivity contribution is -0.145. The maximum atomic E-state index is 13.9. The van der Waals surface area contributed by atoms with E-state index in [2.05, 4.69) is 21.3 Å². The van der Waals surface area contributed by atoms with Gasteiger partial charge in [0.2, 0.25) is 23.6 Å². The smallest absolute Gasteiger partial charge is 0.251 e. The van der Waals surface area contributed by atoms with Crippen LogP contribution in [0.1, 0.15) is 47.7 Å². The molecule has 3 atom stereocenters. The highest BCUT2D eigenvalue weighted by Gasteiger charge is 2.32. The zero-order valence-corrected chi connectivity index (χ0v) is 32.4. The Morgan fingerprint density at radius 2 is 1.66 bits per heavy atom. The van der Waals surface area contributed by atoms with Crippen molar-refractivity contribution in [2.24, 2.45) is 0 Å². The van der Waals surface area contributed by atoms with Crippen LogP contribution in [0, 0.1) is 0 Å². The first-order chi connectivity index (χ1) is 27.1. The first-order valence-electron chi connectivity index (χ1n) is 18.9. The van der Waals surface area contributed by atoms with Gasteiger partial charge in [0.25, 0.3) is 5.91 Å². The fourth-order valence-corrected chi connectivity index (χ4v) is 6.47. The summed E-state index contributed by atoms with van der Waals surface area (Å²) >= 11 is 0. The molecule has 15 nitrogen and oxygen atoms in total. The molecule has 3 aromatic carbocycles. The van der Waals surface area contributed by atoms with Gasteiger partial charge in [0, 0.05) is 43.4 Å². The molecule has 3 heterocycles. The number of benzene rings is 3. The number of hydrogen-bond donors (Lipinski definition) is 4. The lowest BCUT2D eigenvalue weighted by atomic mass is 10.0. The van der Waals surface area contributed by atoms with Gasteiger partial charge in [-0.3, -0.25) is 28.9 Å². The van der Waals surface area contributed by atoms with Gasteiger partial charge in [0.1, 0.15) is 29.6 Å². The number of carbonyl (C=O) groups excluding carboxylic acids is 5. The molecule has 3 aromatic rings. The maximum absolute atomic E-state index is 13.9. The van der Waals surface area contributed by atoms with E-state index in [-0.39, 0.29) is 44.5 Å². The number of methoxy groups -OCH3 is 2. The number of morpholine rings is 1. The minimum Gasteiger partial charge on any atom is -0.496 e. The molecule has 1 saturated heterocycles. The molecule has 15 heteroatoms. The van der Waals surface area contributed by atoms with Crippen LogP contribution in [-0.4, -0.2) is 118 Å². The summed E-state index contributed by atoms with van der Waals surface area (Å²) in [5.74, 6) is -0.520. The normalized spacial score (nSPS) is 20.9. The molecule has 0 unspecified atom stereocenters. The van der Waals surface area contributed by atoms with Crippen LogP contribution in [-0.2, 0) is 36.9 Å². The molecule has 5 amide bonds. The molecule has 0 radical (unpaired) electrons. The first kappa shape index (κ1) is 41.5. The topological polar surface area (TPSA) is 177 Å². The van der Waals surface area contributed by atoms with Crippen molar-refractivity contribution >= 4 is 29.5 Å². The van der Waals surface area contributed by atoms with Crippen LogP contribution in [0.4, 0.5) is 0 Å². The van der Waals surface area contributed by atoms with Crippen molar-refractivity contribution in [2.75, 3.05) is 60.7 Å². The average Bonchev–Trinajstić information content (AvgIpc) is 3.20. The van der Waals surface area contributed by atoms with Gasteiger partial charge in [-0.15, -0.1) is 0 Å². The third-order valence-electron chi connectivity index (χ3n) is 9.80. The number of fused-ring (bicyclic) bond motifs is 18. The fraction of sp³-hybridized carbons (Fsp3) is 0.439. The highest BCUT2D eigenvalue weighted by Crippen LogP contribution is 2.35. The second-order valence-corrected chi connectivity index (χ2v) is 13.8. The van der Waals surface area contributed by atoms with Crippen molar-refractivity contribution in [3.05, 3.63) is 83.4 Å². The third kappa shape index (κ3) is 11.4. The minimum absolute atomic E-state index is 0.0841. The molecule has 0 aliphatic carbocycles. The second kappa shape index (κ2) is 20.3. The van der Waals surface area contributed by atoms with Gasteiger partial charge in [0.15, 0.2) is 11.5 Å².